The second-order valence-corrected chi connectivity index (χ2v) is 1.57. The molecule has 3 heteroatoms. The summed E-state index contributed by atoms with van der Waals surface area (Å²) in [6.45, 7) is 2.98. The van der Waals surface area contributed by atoms with Gasteiger partial charge in [0, 0.05) is 6.92 Å². The Hall–Kier alpha value is -0.860. The molecule has 0 aromatic carbocycles. The van der Waals surface area contributed by atoms with Crippen molar-refractivity contribution in [3.63, 3.8) is 0 Å². The van der Waals surface area contributed by atoms with Gasteiger partial charge in [-0.2, -0.15) is 4.39 Å². The van der Waals surface area contributed by atoms with E-state index in [0.717, 1.165) is 0 Å². The van der Waals surface area contributed by atoms with E-state index >= 15 is 0 Å². The van der Waals surface area contributed by atoms with Crippen molar-refractivity contribution in [3.05, 3.63) is 12.0 Å². The van der Waals surface area contributed by atoms with Crippen molar-refractivity contribution >= 4 is 5.97 Å². The topological polar surface area (TPSA) is 21.6 Å². The van der Waals surface area contributed by atoms with E-state index in [4.69, 9.17) is 0 Å². The van der Waals surface area contributed by atoms with Gasteiger partial charge in [-0.15, -0.1) is 0 Å². The highest BCUT2D eigenvalue weighted by molar-refractivity contribution is 5.72. The fourth-order valence-electron chi connectivity index (χ4n) is 0.233. The van der Waals surface area contributed by atoms with E-state index in [1.807, 2.05) is 0 Å². The van der Waals surface area contributed by atoms with E-state index in [-0.39, 0.29) is 0 Å². The van der Waals surface area contributed by atoms with E-state index in [1.165, 1.54) is 20.2 Å². The van der Waals surface area contributed by atoms with Crippen molar-refractivity contribution in [2.75, 3.05) is 7.11 Å². The minimum absolute atomic E-state index is 0.466. The summed E-state index contributed by atoms with van der Waals surface area (Å²) < 4.78 is 16.5. The lowest BCUT2D eigenvalue weighted by molar-refractivity contribution is 0.292. The van der Waals surface area contributed by atoms with Crippen molar-refractivity contribution in [1.82, 2.24) is 0 Å². The van der Waals surface area contributed by atoms with Crippen molar-refractivity contribution < 1.29 is 9.13 Å². The molecule has 0 fully saturated rings. The van der Waals surface area contributed by atoms with Crippen LogP contribution in [-0.2, 0) is 4.74 Å². The smallest absolute Gasteiger partial charge is 0.185 e. The molecule has 0 aliphatic carbocycles. The fraction of sp³-hybridized carbons (Fsp3) is 0.500. The van der Waals surface area contributed by atoms with Gasteiger partial charge in [-0.3, -0.25) is 0 Å². The summed E-state index contributed by atoms with van der Waals surface area (Å²) in [5, 5.41) is 0. The van der Waals surface area contributed by atoms with Crippen LogP contribution in [0, 0.1) is 0 Å². The Labute approximate surface area is 54.0 Å². The average molecular weight is 131 g/mol. The molecule has 9 heavy (non-hydrogen) atoms. The van der Waals surface area contributed by atoms with Gasteiger partial charge in [-0.25, -0.2) is 4.99 Å². The molecule has 0 atom stereocenters. The first kappa shape index (κ1) is 8.14. The van der Waals surface area contributed by atoms with Crippen LogP contribution in [0.2, 0.25) is 0 Å². The lowest BCUT2D eigenvalue weighted by Crippen LogP contribution is -1.79. The van der Waals surface area contributed by atoms with Gasteiger partial charge < -0.3 is 4.74 Å². The molecule has 0 amide bonds. The molecule has 0 aromatic rings. The monoisotopic (exact) mass is 131 g/mol. The van der Waals surface area contributed by atoms with Gasteiger partial charge in [-0.05, 0) is 6.92 Å². The number of allylic oxidation sites excluding steroid dienone is 1. The van der Waals surface area contributed by atoms with Gasteiger partial charge in [0.1, 0.15) is 5.76 Å². The summed E-state index contributed by atoms with van der Waals surface area (Å²) in [6.07, 6.45) is 1.33. The number of hydrogen-bond acceptors (Lipinski definition) is 2. The molecule has 0 aromatic heterocycles. The largest absolute Gasteiger partial charge is 0.500 e. The van der Waals surface area contributed by atoms with Crippen molar-refractivity contribution in [1.29, 1.82) is 0 Å². The maximum absolute atomic E-state index is 11.8. The third-order valence-electron chi connectivity index (χ3n) is 0.746. The molecule has 0 spiro atoms. The highest BCUT2D eigenvalue weighted by Crippen LogP contribution is 1.92. The van der Waals surface area contributed by atoms with Gasteiger partial charge in [0.25, 0.3) is 0 Å². The summed E-state index contributed by atoms with van der Waals surface area (Å²) in [5.74, 6) is 0.124. The Balaban J connectivity index is 3.83. The highest BCUT2D eigenvalue weighted by atomic mass is 19.1. The van der Waals surface area contributed by atoms with Crippen LogP contribution in [0.15, 0.2) is 17.0 Å². The summed E-state index contributed by atoms with van der Waals surface area (Å²) >= 11 is 0. The maximum atomic E-state index is 11.8. The lowest BCUT2D eigenvalue weighted by atomic mass is 10.6. The average Bonchev–Trinajstić information content (AvgIpc) is 1.83. The van der Waals surface area contributed by atoms with Crippen LogP contribution in [0.25, 0.3) is 0 Å². The molecular weight excluding hydrogens is 121 g/mol. The SMILES string of the molecule is COC(C)=CN=C(C)F. The second kappa shape index (κ2) is 4.06. The molecule has 0 heterocycles. The number of halogens is 1. The van der Waals surface area contributed by atoms with E-state index in [9.17, 15) is 4.39 Å². The van der Waals surface area contributed by atoms with Crippen LogP contribution in [0.3, 0.4) is 0 Å². The van der Waals surface area contributed by atoms with E-state index in [1.54, 1.807) is 6.92 Å². The first-order chi connectivity index (χ1) is 4.16. The standard InChI is InChI=1S/C6H10FNO/c1-5(9-3)4-8-6(2)7/h4H,1-3H3. The predicted molar refractivity (Wildman–Crippen MR) is 35.0 cm³/mol. The lowest BCUT2D eigenvalue weighted by Gasteiger charge is -1.92. The summed E-state index contributed by atoms with van der Waals surface area (Å²) in [5.41, 5.74) is 0. The van der Waals surface area contributed by atoms with E-state index < -0.39 is 5.97 Å². The third kappa shape index (κ3) is 5.00. The molecular formula is C6H10FNO. The Morgan fingerprint density at radius 2 is 2.11 bits per heavy atom. The van der Waals surface area contributed by atoms with Crippen molar-refractivity contribution in [2.24, 2.45) is 4.99 Å². The Bertz CT molecular complexity index is 136. The van der Waals surface area contributed by atoms with Crippen LogP contribution in [0.5, 0.6) is 0 Å². The minimum Gasteiger partial charge on any atom is -0.500 e. The maximum Gasteiger partial charge on any atom is 0.185 e. The van der Waals surface area contributed by atoms with Crippen LogP contribution in [0.1, 0.15) is 13.8 Å². The summed E-state index contributed by atoms with van der Waals surface area (Å²) in [6, 6.07) is 0. The quantitative estimate of drug-likeness (QED) is 0.414. The molecule has 0 saturated heterocycles. The van der Waals surface area contributed by atoms with Crippen LogP contribution in [0.4, 0.5) is 4.39 Å². The van der Waals surface area contributed by atoms with E-state index in [2.05, 4.69) is 9.73 Å². The van der Waals surface area contributed by atoms with Gasteiger partial charge >= 0.3 is 0 Å². The molecule has 0 N–H and O–H groups in total. The van der Waals surface area contributed by atoms with Crippen molar-refractivity contribution in [3.8, 4) is 0 Å². The zero-order valence-electron chi connectivity index (χ0n) is 5.81. The number of hydrogen-bond donors (Lipinski definition) is 0. The molecule has 2 nitrogen and oxygen atoms in total. The van der Waals surface area contributed by atoms with Crippen LogP contribution < -0.4 is 0 Å². The number of ether oxygens (including phenoxy) is 1. The minimum atomic E-state index is -0.466. The number of nitrogens with zero attached hydrogens (tertiary/aromatic N) is 1. The van der Waals surface area contributed by atoms with Gasteiger partial charge in [0.15, 0.2) is 5.97 Å². The van der Waals surface area contributed by atoms with Crippen LogP contribution >= 0.6 is 0 Å². The third-order valence-corrected chi connectivity index (χ3v) is 0.746. The van der Waals surface area contributed by atoms with Gasteiger partial charge in [0.05, 0.1) is 13.3 Å². The Morgan fingerprint density at radius 3 is 2.44 bits per heavy atom. The number of methoxy groups -OCH3 is 1. The van der Waals surface area contributed by atoms with Crippen molar-refractivity contribution in [2.45, 2.75) is 13.8 Å². The predicted octanol–water partition coefficient (Wildman–Crippen LogP) is 1.88. The molecule has 0 unspecified atom stereocenters. The summed E-state index contributed by atoms with van der Waals surface area (Å²) in [4.78, 5) is 3.36. The molecule has 0 saturated carbocycles. The van der Waals surface area contributed by atoms with Crippen LogP contribution in [-0.4, -0.2) is 13.1 Å². The van der Waals surface area contributed by atoms with Gasteiger partial charge in [0.2, 0.25) is 0 Å². The summed E-state index contributed by atoms with van der Waals surface area (Å²) in [7, 11) is 1.51. The molecule has 0 rings (SSSR count). The number of aliphatic imine (C=N–C) groups is 1. The Kier molecular flexibility index (Phi) is 3.67. The number of rotatable bonds is 2. The molecule has 0 bridgehead atoms. The molecule has 0 radical (unpaired) electrons. The zero-order chi connectivity index (χ0) is 7.28. The van der Waals surface area contributed by atoms with E-state index in [0.29, 0.717) is 5.76 Å². The fourth-order valence-corrected chi connectivity index (χ4v) is 0.233. The molecule has 0 aliphatic heterocycles. The first-order valence-corrected chi connectivity index (χ1v) is 2.57. The molecule has 52 valence electrons. The normalized spacial score (nSPS) is 13.8. The second-order valence-electron chi connectivity index (χ2n) is 1.57. The molecule has 0 aliphatic rings. The van der Waals surface area contributed by atoms with Gasteiger partial charge in [-0.1, -0.05) is 0 Å². The first-order valence-electron chi connectivity index (χ1n) is 2.57. The highest BCUT2D eigenvalue weighted by Gasteiger charge is 1.81. The zero-order valence-corrected chi connectivity index (χ0v) is 5.81. The Morgan fingerprint density at radius 1 is 1.56 bits per heavy atom.